The Hall–Kier alpha value is -0.410. The third kappa shape index (κ3) is 8.08. The van der Waals surface area contributed by atoms with Crippen molar-refractivity contribution in [3.05, 3.63) is 15.6 Å². The first-order chi connectivity index (χ1) is 12.0. The number of nitrogens with one attached hydrogen (secondary N) is 2. The SMILES string of the molecule is CN=C(NCCCCN1CC(C)CC(C)C1)NCc1nc(C)c(C)s1.I. The summed E-state index contributed by atoms with van der Waals surface area (Å²) in [6.07, 6.45) is 3.81. The molecule has 0 saturated carbocycles. The number of piperidine rings is 1. The van der Waals surface area contributed by atoms with E-state index in [1.54, 1.807) is 11.3 Å². The zero-order chi connectivity index (χ0) is 18.2. The van der Waals surface area contributed by atoms with Crippen LogP contribution in [0.4, 0.5) is 0 Å². The van der Waals surface area contributed by atoms with Crippen LogP contribution in [0, 0.1) is 25.7 Å². The number of nitrogens with zero attached hydrogens (tertiary/aromatic N) is 3. The molecule has 1 aliphatic rings. The minimum Gasteiger partial charge on any atom is -0.356 e. The van der Waals surface area contributed by atoms with Crippen LogP contribution in [0.5, 0.6) is 0 Å². The van der Waals surface area contributed by atoms with Gasteiger partial charge in [0.1, 0.15) is 5.01 Å². The Morgan fingerprint density at radius 1 is 1.19 bits per heavy atom. The van der Waals surface area contributed by atoms with Gasteiger partial charge in [-0.25, -0.2) is 4.98 Å². The number of aliphatic imine (C=N–C) groups is 1. The van der Waals surface area contributed by atoms with E-state index in [2.05, 4.69) is 53.2 Å². The fourth-order valence-electron chi connectivity index (χ4n) is 3.64. The van der Waals surface area contributed by atoms with Crippen LogP contribution in [0.25, 0.3) is 0 Å². The van der Waals surface area contributed by atoms with Crippen LogP contribution in [-0.4, -0.2) is 49.1 Å². The summed E-state index contributed by atoms with van der Waals surface area (Å²) in [4.78, 5) is 12.8. The van der Waals surface area contributed by atoms with Gasteiger partial charge < -0.3 is 15.5 Å². The van der Waals surface area contributed by atoms with Crippen molar-refractivity contribution < 1.29 is 0 Å². The Morgan fingerprint density at radius 2 is 1.88 bits per heavy atom. The van der Waals surface area contributed by atoms with Crippen LogP contribution in [0.2, 0.25) is 0 Å². The van der Waals surface area contributed by atoms with Crippen LogP contribution in [0.15, 0.2) is 4.99 Å². The topological polar surface area (TPSA) is 52.6 Å². The second kappa shape index (κ2) is 12.1. The molecule has 1 aromatic rings. The molecule has 2 atom stereocenters. The summed E-state index contributed by atoms with van der Waals surface area (Å²) in [5.41, 5.74) is 1.13. The summed E-state index contributed by atoms with van der Waals surface area (Å²) in [5.74, 6) is 2.57. The van der Waals surface area contributed by atoms with Gasteiger partial charge in [0, 0.05) is 31.6 Å². The number of rotatable bonds is 7. The van der Waals surface area contributed by atoms with Gasteiger partial charge in [-0.3, -0.25) is 4.99 Å². The van der Waals surface area contributed by atoms with Crippen molar-refractivity contribution in [2.24, 2.45) is 16.8 Å². The maximum absolute atomic E-state index is 4.56. The van der Waals surface area contributed by atoms with E-state index in [0.29, 0.717) is 0 Å². The van der Waals surface area contributed by atoms with Crippen LogP contribution in [0.1, 0.15) is 48.7 Å². The van der Waals surface area contributed by atoms with Gasteiger partial charge in [0.05, 0.1) is 12.2 Å². The third-order valence-corrected chi connectivity index (χ3v) is 5.91. The first-order valence-electron chi connectivity index (χ1n) is 9.57. The van der Waals surface area contributed by atoms with Crippen LogP contribution >= 0.6 is 35.3 Å². The summed E-state index contributed by atoms with van der Waals surface area (Å²) in [6.45, 7) is 14.4. The van der Waals surface area contributed by atoms with Gasteiger partial charge in [-0.15, -0.1) is 35.3 Å². The van der Waals surface area contributed by atoms with Crippen molar-refractivity contribution in [2.75, 3.05) is 33.2 Å². The van der Waals surface area contributed by atoms with E-state index in [4.69, 9.17) is 0 Å². The summed E-state index contributed by atoms with van der Waals surface area (Å²) >= 11 is 1.75. The average Bonchev–Trinajstić information content (AvgIpc) is 2.87. The predicted molar refractivity (Wildman–Crippen MR) is 124 cm³/mol. The highest BCUT2D eigenvalue weighted by molar-refractivity contribution is 14.0. The summed E-state index contributed by atoms with van der Waals surface area (Å²) < 4.78 is 0. The molecular formula is C19H36IN5S. The summed E-state index contributed by atoms with van der Waals surface area (Å²) in [5, 5.41) is 7.89. The molecule has 0 spiro atoms. The highest BCUT2D eigenvalue weighted by Crippen LogP contribution is 2.21. The van der Waals surface area contributed by atoms with E-state index in [-0.39, 0.29) is 24.0 Å². The number of halogens is 1. The smallest absolute Gasteiger partial charge is 0.191 e. The molecule has 150 valence electrons. The van der Waals surface area contributed by atoms with E-state index in [9.17, 15) is 0 Å². The maximum Gasteiger partial charge on any atom is 0.191 e. The number of aryl methyl sites for hydroxylation is 2. The van der Waals surface area contributed by atoms with Gasteiger partial charge in [-0.05, 0) is 51.5 Å². The molecule has 0 aromatic carbocycles. The lowest BCUT2D eigenvalue weighted by molar-refractivity contribution is 0.139. The van der Waals surface area contributed by atoms with Gasteiger partial charge in [0.2, 0.25) is 0 Å². The van der Waals surface area contributed by atoms with Crippen molar-refractivity contribution in [3.63, 3.8) is 0 Å². The van der Waals surface area contributed by atoms with Crippen LogP contribution < -0.4 is 10.6 Å². The van der Waals surface area contributed by atoms with Crippen LogP contribution in [0.3, 0.4) is 0 Å². The maximum atomic E-state index is 4.56. The summed E-state index contributed by atoms with van der Waals surface area (Å²) in [6, 6.07) is 0. The Bertz CT molecular complexity index is 531. The minimum absolute atomic E-state index is 0. The third-order valence-electron chi connectivity index (χ3n) is 4.84. The van der Waals surface area contributed by atoms with Crippen molar-refractivity contribution >= 4 is 41.3 Å². The Morgan fingerprint density at radius 3 is 2.46 bits per heavy atom. The van der Waals surface area contributed by atoms with Crippen molar-refractivity contribution in [2.45, 2.75) is 53.5 Å². The molecule has 1 saturated heterocycles. The number of thiazole rings is 1. The lowest BCUT2D eigenvalue weighted by Crippen LogP contribution is -2.40. The van der Waals surface area contributed by atoms with E-state index in [1.807, 2.05) is 7.05 Å². The molecule has 2 N–H and O–H groups in total. The molecule has 1 aromatic heterocycles. The molecule has 2 rings (SSSR count). The van der Waals surface area contributed by atoms with E-state index in [1.165, 1.54) is 43.8 Å². The number of likely N-dealkylation sites (tertiary alicyclic amines) is 1. The molecular weight excluding hydrogens is 457 g/mol. The fourth-order valence-corrected chi connectivity index (χ4v) is 4.51. The number of hydrogen-bond donors (Lipinski definition) is 2. The normalized spacial score (nSPS) is 21.3. The molecule has 0 radical (unpaired) electrons. The van der Waals surface area contributed by atoms with Gasteiger partial charge in [0.15, 0.2) is 5.96 Å². The zero-order valence-electron chi connectivity index (χ0n) is 17.0. The Kier molecular flexibility index (Phi) is 11.0. The second-order valence-corrected chi connectivity index (χ2v) is 8.80. The van der Waals surface area contributed by atoms with Gasteiger partial charge in [0.25, 0.3) is 0 Å². The van der Waals surface area contributed by atoms with E-state index in [0.717, 1.165) is 41.6 Å². The molecule has 5 nitrogen and oxygen atoms in total. The van der Waals surface area contributed by atoms with Crippen molar-refractivity contribution in [1.82, 2.24) is 20.5 Å². The van der Waals surface area contributed by atoms with Crippen LogP contribution in [-0.2, 0) is 6.54 Å². The number of guanidine groups is 1. The molecule has 0 bridgehead atoms. The fraction of sp³-hybridized carbons (Fsp3) is 0.789. The largest absolute Gasteiger partial charge is 0.356 e. The minimum atomic E-state index is 0. The molecule has 26 heavy (non-hydrogen) atoms. The Balaban J connectivity index is 0.00000338. The molecule has 1 aliphatic heterocycles. The average molecular weight is 494 g/mol. The van der Waals surface area contributed by atoms with E-state index < -0.39 is 0 Å². The van der Waals surface area contributed by atoms with Gasteiger partial charge in [-0.2, -0.15) is 0 Å². The van der Waals surface area contributed by atoms with Gasteiger partial charge in [-0.1, -0.05) is 13.8 Å². The highest BCUT2D eigenvalue weighted by atomic mass is 127. The number of unbranched alkanes of at least 4 members (excludes halogenated alkanes) is 1. The highest BCUT2D eigenvalue weighted by Gasteiger charge is 2.20. The second-order valence-electron chi connectivity index (χ2n) is 7.51. The van der Waals surface area contributed by atoms with Crippen molar-refractivity contribution in [3.8, 4) is 0 Å². The zero-order valence-corrected chi connectivity index (χ0v) is 20.1. The lowest BCUT2D eigenvalue weighted by Gasteiger charge is -2.34. The Labute approximate surface area is 180 Å². The molecule has 2 heterocycles. The molecule has 2 unspecified atom stereocenters. The molecule has 0 aliphatic carbocycles. The first-order valence-corrected chi connectivity index (χ1v) is 10.4. The molecule has 1 fully saturated rings. The monoisotopic (exact) mass is 493 g/mol. The predicted octanol–water partition coefficient (Wildman–Crippen LogP) is 3.80. The lowest BCUT2D eigenvalue weighted by atomic mass is 9.92. The number of aromatic nitrogens is 1. The quantitative estimate of drug-likeness (QED) is 0.263. The first kappa shape index (κ1) is 23.6. The number of hydrogen-bond acceptors (Lipinski definition) is 4. The molecule has 7 heteroatoms. The van der Waals surface area contributed by atoms with Crippen molar-refractivity contribution in [1.29, 1.82) is 0 Å². The standard InChI is InChI=1S/C19H35N5S.HI/c1-14-10-15(2)13-24(12-14)9-7-6-8-21-19(20-5)22-11-18-23-16(3)17(4)25-18;/h14-15H,6-13H2,1-5H3,(H2,20,21,22);1H. The molecule has 0 amide bonds. The van der Waals surface area contributed by atoms with Gasteiger partial charge >= 0.3 is 0 Å². The van der Waals surface area contributed by atoms with E-state index >= 15 is 0 Å². The summed E-state index contributed by atoms with van der Waals surface area (Å²) in [7, 11) is 1.82.